The van der Waals surface area contributed by atoms with Crippen molar-refractivity contribution in [2.75, 3.05) is 31.6 Å². The zero-order chi connectivity index (χ0) is 18.9. The molecule has 1 spiro atoms. The third kappa shape index (κ3) is 4.78. The van der Waals surface area contributed by atoms with Crippen LogP contribution in [0, 0.1) is 15.0 Å². The number of halogens is 1. The van der Waals surface area contributed by atoms with Gasteiger partial charge in [0.15, 0.2) is 5.82 Å². The lowest BCUT2D eigenvalue weighted by molar-refractivity contribution is 0.0165. The second kappa shape index (κ2) is 7.48. The van der Waals surface area contributed by atoms with E-state index in [1.54, 1.807) is 0 Å². The summed E-state index contributed by atoms with van der Waals surface area (Å²) in [7, 11) is 2.08. The Morgan fingerprint density at radius 2 is 2.04 bits per heavy atom. The summed E-state index contributed by atoms with van der Waals surface area (Å²) in [6.07, 6.45) is 4.51. The average Bonchev–Trinajstić information content (AvgIpc) is 3.24. The van der Waals surface area contributed by atoms with Crippen molar-refractivity contribution in [3.8, 4) is 0 Å². The van der Waals surface area contributed by atoms with Crippen LogP contribution in [0.4, 0.5) is 10.6 Å². The summed E-state index contributed by atoms with van der Waals surface area (Å²) in [5.74, 6) is 1.70. The van der Waals surface area contributed by atoms with Crippen LogP contribution >= 0.6 is 22.6 Å². The van der Waals surface area contributed by atoms with Crippen LogP contribution in [0.1, 0.15) is 46.5 Å². The van der Waals surface area contributed by atoms with Crippen LogP contribution in [-0.2, 0) is 4.74 Å². The second-order valence-corrected chi connectivity index (χ2v) is 9.76. The van der Waals surface area contributed by atoms with Gasteiger partial charge in [-0.2, -0.15) is 0 Å². The third-order valence-electron chi connectivity index (χ3n) is 5.59. The van der Waals surface area contributed by atoms with Crippen molar-refractivity contribution in [1.29, 1.82) is 0 Å². The van der Waals surface area contributed by atoms with Crippen molar-refractivity contribution in [2.24, 2.45) is 11.3 Å². The van der Waals surface area contributed by atoms with Gasteiger partial charge < -0.3 is 14.5 Å². The van der Waals surface area contributed by atoms with Crippen molar-refractivity contribution in [3.05, 3.63) is 15.8 Å². The summed E-state index contributed by atoms with van der Waals surface area (Å²) < 4.78 is 6.41. The minimum Gasteiger partial charge on any atom is -0.444 e. The molecule has 0 bridgehead atoms. The molecule has 1 atom stereocenters. The van der Waals surface area contributed by atoms with E-state index in [0.717, 1.165) is 47.9 Å². The molecule has 3 rings (SSSR count). The summed E-state index contributed by atoms with van der Waals surface area (Å²) in [4.78, 5) is 16.3. The summed E-state index contributed by atoms with van der Waals surface area (Å²) in [5.41, 5.74) is 0.0361. The Balaban J connectivity index is 1.43. The molecule has 1 aromatic heterocycles. The second-order valence-electron chi connectivity index (χ2n) is 8.66. The molecular formula is C19H29IN4O2. The molecule has 2 heterocycles. The summed E-state index contributed by atoms with van der Waals surface area (Å²) in [5, 5.41) is 8.37. The molecule has 0 radical (unpaired) electrons. The van der Waals surface area contributed by atoms with Crippen LogP contribution in [-0.4, -0.2) is 53.5 Å². The lowest BCUT2D eigenvalue weighted by Crippen LogP contribution is -2.42. The van der Waals surface area contributed by atoms with Gasteiger partial charge in [-0.1, -0.05) is 0 Å². The van der Waals surface area contributed by atoms with Crippen molar-refractivity contribution < 1.29 is 9.53 Å². The highest BCUT2D eigenvalue weighted by Gasteiger charge is 2.54. The number of amides is 1. The van der Waals surface area contributed by atoms with E-state index in [1.807, 2.05) is 37.8 Å². The van der Waals surface area contributed by atoms with E-state index in [4.69, 9.17) is 4.74 Å². The predicted octanol–water partition coefficient (Wildman–Crippen LogP) is 3.94. The van der Waals surface area contributed by atoms with Gasteiger partial charge >= 0.3 is 6.09 Å². The Hall–Kier alpha value is -1.12. The average molecular weight is 472 g/mol. The molecule has 1 saturated carbocycles. The van der Waals surface area contributed by atoms with Crippen LogP contribution in [0.2, 0.25) is 0 Å². The number of aromatic nitrogens is 2. The first kappa shape index (κ1) is 19.6. The Bertz CT molecular complexity index is 636. The summed E-state index contributed by atoms with van der Waals surface area (Å²) >= 11 is 2.17. The summed E-state index contributed by atoms with van der Waals surface area (Å²) in [6, 6.07) is 4.02. The van der Waals surface area contributed by atoms with Gasteiger partial charge in [-0.15, -0.1) is 10.2 Å². The molecule has 0 aromatic carbocycles. The van der Waals surface area contributed by atoms with Crippen LogP contribution in [0.25, 0.3) is 0 Å². The highest BCUT2D eigenvalue weighted by molar-refractivity contribution is 14.1. The third-order valence-corrected chi connectivity index (χ3v) is 6.17. The first-order valence-electron chi connectivity index (χ1n) is 9.37. The molecule has 2 fully saturated rings. The van der Waals surface area contributed by atoms with Gasteiger partial charge in [-0.25, -0.2) is 4.79 Å². The first-order chi connectivity index (χ1) is 12.2. The lowest BCUT2D eigenvalue weighted by atomic mass is 9.90. The van der Waals surface area contributed by atoms with Crippen molar-refractivity contribution in [2.45, 2.75) is 52.1 Å². The number of carbonyl (C=O) groups excluding carboxylic acids is 1. The molecular weight excluding hydrogens is 443 g/mol. The number of hydrogen-bond donors (Lipinski definition) is 0. The number of rotatable bonds is 4. The number of anilines is 1. The first-order valence-corrected chi connectivity index (χ1v) is 10.4. The number of piperidine rings is 1. The normalized spacial score (nSPS) is 21.6. The maximum Gasteiger partial charge on any atom is 0.410 e. The molecule has 1 unspecified atom stereocenters. The molecule has 1 saturated heterocycles. The minimum absolute atomic E-state index is 0.165. The molecule has 1 aliphatic carbocycles. The number of nitrogens with zero attached hydrogens (tertiary/aromatic N) is 4. The minimum atomic E-state index is -0.419. The monoisotopic (exact) mass is 472 g/mol. The lowest BCUT2D eigenvalue weighted by Gasteiger charge is -2.34. The molecule has 6 nitrogen and oxygen atoms in total. The maximum absolute atomic E-state index is 12.2. The number of carbonyl (C=O) groups is 1. The van der Waals surface area contributed by atoms with Crippen LogP contribution < -0.4 is 4.90 Å². The zero-order valence-corrected chi connectivity index (χ0v) is 18.3. The van der Waals surface area contributed by atoms with Gasteiger partial charge in [-0.05, 0) is 92.5 Å². The van der Waals surface area contributed by atoms with Gasteiger partial charge in [0.05, 0.1) is 0 Å². The highest BCUT2D eigenvalue weighted by Crippen LogP contribution is 2.60. The number of likely N-dealkylation sites (tertiary alicyclic amines) is 1. The van der Waals surface area contributed by atoms with E-state index in [-0.39, 0.29) is 6.09 Å². The molecule has 1 amide bonds. The molecule has 2 aliphatic rings. The fraction of sp³-hybridized carbons (Fsp3) is 0.737. The van der Waals surface area contributed by atoms with Gasteiger partial charge in [0, 0.05) is 26.7 Å². The SMILES string of the molecule is CN(CCC1CC12CCN(C(=O)OC(C)(C)C)CC2)c1ccc(I)nn1. The molecule has 144 valence electrons. The van der Waals surface area contributed by atoms with Crippen LogP contribution in [0.15, 0.2) is 12.1 Å². The predicted molar refractivity (Wildman–Crippen MR) is 110 cm³/mol. The van der Waals surface area contributed by atoms with E-state index >= 15 is 0 Å². The van der Waals surface area contributed by atoms with Crippen molar-refractivity contribution in [3.63, 3.8) is 0 Å². The summed E-state index contributed by atoms with van der Waals surface area (Å²) in [6.45, 7) is 8.40. The van der Waals surface area contributed by atoms with Crippen molar-refractivity contribution in [1.82, 2.24) is 15.1 Å². The Kier molecular flexibility index (Phi) is 5.65. The number of hydrogen-bond acceptors (Lipinski definition) is 5. The van der Waals surface area contributed by atoms with E-state index in [2.05, 4.69) is 44.7 Å². The van der Waals surface area contributed by atoms with Crippen LogP contribution in [0.3, 0.4) is 0 Å². The van der Waals surface area contributed by atoms with Crippen LogP contribution in [0.5, 0.6) is 0 Å². The molecule has 1 aliphatic heterocycles. The van der Waals surface area contributed by atoms with E-state index < -0.39 is 5.60 Å². The van der Waals surface area contributed by atoms with Gasteiger partial charge in [-0.3, -0.25) is 0 Å². The Labute approximate surface area is 169 Å². The van der Waals surface area contributed by atoms with Gasteiger partial charge in [0.2, 0.25) is 0 Å². The highest BCUT2D eigenvalue weighted by atomic mass is 127. The van der Waals surface area contributed by atoms with Gasteiger partial charge in [0.1, 0.15) is 9.30 Å². The van der Waals surface area contributed by atoms with Crippen molar-refractivity contribution >= 4 is 34.5 Å². The topological polar surface area (TPSA) is 58.6 Å². The van der Waals surface area contributed by atoms with E-state index in [1.165, 1.54) is 12.8 Å². The standard InChI is InChI=1S/C19H29IN4O2/c1-18(2,3)26-17(25)24-11-8-19(9-12-24)13-14(19)7-10-23(4)16-6-5-15(20)21-22-16/h5-6,14H,7-13H2,1-4H3. The Morgan fingerprint density at radius 1 is 1.35 bits per heavy atom. The largest absolute Gasteiger partial charge is 0.444 e. The number of ether oxygens (including phenoxy) is 1. The Morgan fingerprint density at radius 3 is 2.62 bits per heavy atom. The fourth-order valence-electron chi connectivity index (χ4n) is 3.89. The maximum atomic E-state index is 12.2. The molecule has 0 N–H and O–H groups in total. The smallest absolute Gasteiger partial charge is 0.410 e. The molecule has 7 heteroatoms. The molecule has 26 heavy (non-hydrogen) atoms. The molecule has 1 aromatic rings. The fourth-order valence-corrected chi connectivity index (χ4v) is 4.18. The van der Waals surface area contributed by atoms with E-state index in [9.17, 15) is 4.79 Å². The quantitative estimate of drug-likeness (QED) is 0.622. The zero-order valence-electron chi connectivity index (χ0n) is 16.2. The van der Waals surface area contributed by atoms with E-state index in [0.29, 0.717) is 5.41 Å². The van der Waals surface area contributed by atoms with Gasteiger partial charge in [0.25, 0.3) is 0 Å².